The molecular formula is C15H24N2O3. The van der Waals surface area contributed by atoms with Crippen LogP contribution in [0.15, 0.2) is 12.4 Å². The molecule has 1 aliphatic heterocycles. The number of aromatic nitrogens is 1. The predicted octanol–water partition coefficient (Wildman–Crippen LogP) is 3.52. The maximum absolute atomic E-state index is 11.1. The minimum atomic E-state index is -0.954. The zero-order valence-corrected chi connectivity index (χ0v) is 12.6. The van der Waals surface area contributed by atoms with E-state index in [1.807, 2.05) is 0 Å². The molecule has 0 bridgehead atoms. The molecule has 0 unspecified atom stereocenters. The fourth-order valence-electron chi connectivity index (χ4n) is 2.71. The predicted molar refractivity (Wildman–Crippen MR) is 78.2 cm³/mol. The summed E-state index contributed by atoms with van der Waals surface area (Å²) in [4.78, 5) is 13.2. The van der Waals surface area contributed by atoms with E-state index in [0.717, 1.165) is 24.2 Å². The van der Waals surface area contributed by atoms with Crippen molar-refractivity contribution in [2.24, 2.45) is 5.41 Å². The van der Waals surface area contributed by atoms with Gasteiger partial charge in [0.15, 0.2) is 0 Å². The summed E-state index contributed by atoms with van der Waals surface area (Å²) < 4.78 is 6.79. The van der Waals surface area contributed by atoms with Crippen molar-refractivity contribution in [3.63, 3.8) is 0 Å². The van der Waals surface area contributed by atoms with Crippen molar-refractivity contribution in [1.29, 1.82) is 0 Å². The second-order valence-corrected chi connectivity index (χ2v) is 6.30. The van der Waals surface area contributed by atoms with Crippen LogP contribution in [0.1, 0.15) is 45.6 Å². The second kappa shape index (κ2) is 5.87. The molecule has 2 heterocycles. The van der Waals surface area contributed by atoms with Crippen LogP contribution in [0.25, 0.3) is 0 Å². The normalized spacial score (nSPS) is 15.2. The first-order chi connectivity index (χ1) is 9.43. The highest BCUT2D eigenvalue weighted by Gasteiger charge is 2.27. The molecule has 0 radical (unpaired) electrons. The number of ether oxygens (including phenoxy) is 1. The highest BCUT2D eigenvalue weighted by atomic mass is 16.5. The molecule has 2 rings (SSSR count). The van der Waals surface area contributed by atoms with Gasteiger partial charge in [0.25, 0.3) is 0 Å². The Morgan fingerprint density at radius 2 is 2.20 bits per heavy atom. The van der Waals surface area contributed by atoms with Crippen LogP contribution in [-0.2, 0) is 11.3 Å². The van der Waals surface area contributed by atoms with Gasteiger partial charge in [0.2, 0.25) is 0 Å². The third-order valence-electron chi connectivity index (χ3n) is 3.78. The number of carbonyl (C=O) groups is 1. The second-order valence-electron chi connectivity index (χ2n) is 6.30. The quantitative estimate of drug-likeness (QED) is 0.896. The highest BCUT2D eigenvalue weighted by Crippen LogP contribution is 2.32. The van der Waals surface area contributed by atoms with E-state index in [-0.39, 0.29) is 5.41 Å². The number of hydrogen-bond acceptors (Lipinski definition) is 3. The molecule has 0 saturated heterocycles. The third-order valence-corrected chi connectivity index (χ3v) is 3.78. The van der Waals surface area contributed by atoms with Crippen LogP contribution in [0.4, 0.5) is 10.5 Å². The Labute approximate surface area is 120 Å². The number of fused-ring (bicyclic) bond motifs is 1. The Hall–Kier alpha value is -1.49. The van der Waals surface area contributed by atoms with Crippen molar-refractivity contribution in [1.82, 2.24) is 4.57 Å². The molecule has 0 amide bonds. The summed E-state index contributed by atoms with van der Waals surface area (Å²) >= 11 is 0. The van der Waals surface area contributed by atoms with E-state index in [1.54, 1.807) is 12.4 Å². The van der Waals surface area contributed by atoms with Gasteiger partial charge in [-0.3, -0.25) is 4.57 Å². The van der Waals surface area contributed by atoms with Crippen molar-refractivity contribution in [2.75, 3.05) is 18.2 Å². The van der Waals surface area contributed by atoms with E-state index in [2.05, 4.69) is 25.7 Å². The van der Waals surface area contributed by atoms with Crippen molar-refractivity contribution >= 4 is 11.8 Å². The molecule has 1 aromatic heterocycles. The number of rotatable bonds is 5. The molecule has 0 atom stereocenters. The fourth-order valence-corrected chi connectivity index (χ4v) is 2.71. The van der Waals surface area contributed by atoms with Crippen LogP contribution < -0.4 is 4.90 Å². The lowest BCUT2D eigenvalue weighted by Gasteiger charge is -2.36. The Balaban J connectivity index is 2.13. The third kappa shape index (κ3) is 3.33. The fraction of sp³-hybridized carbons (Fsp3) is 0.667. The molecule has 1 aliphatic rings. The monoisotopic (exact) mass is 280 g/mol. The molecule has 0 saturated carbocycles. The first-order valence-electron chi connectivity index (χ1n) is 7.20. The van der Waals surface area contributed by atoms with E-state index < -0.39 is 6.09 Å². The average molecular weight is 280 g/mol. The Morgan fingerprint density at radius 1 is 1.45 bits per heavy atom. The Bertz CT molecular complexity index is 479. The molecule has 20 heavy (non-hydrogen) atoms. The maximum Gasteiger partial charge on any atom is 0.415 e. The van der Waals surface area contributed by atoms with Crippen LogP contribution in [0.3, 0.4) is 0 Å². The van der Waals surface area contributed by atoms with Gasteiger partial charge in [0.05, 0.1) is 12.3 Å². The van der Waals surface area contributed by atoms with E-state index in [9.17, 15) is 4.79 Å². The van der Waals surface area contributed by atoms with Crippen LogP contribution in [0.2, 0.25) is 0 Å². The van der Waals surface area contributed by atoms with Gasteiger partial charge in [-0.05, 0) is 11.8 Å². The molecule has 0 spiro atoms. The van der Waals surface area contributed by atoms with Crippen LogP contribution >= 0.6 is 0 Å². The van der Waals surface area contributed by atoms with E-state index in [1.165, 1.54) is 17.4 Å². The lowest BCUT2D eigenvalue weighted by Crippen LogP contribution is -2.38. The van der Waals surface area contributed by atoms with Crippen molar-refractivity contribution < 1.29 is 14.6 Å². The van der Waals surface area contributed by atoms with Crippen LogP contribution in [0.5, 0.6) is 0 Å². The van der Waals surface area contributed by atoms with Crippen molar-refractivity contribution in [2.45, 2.75) is 46.6 Å². The molecule has 5 nitrogen and oxygen atoms in total. The molecule has 1 N–H and O–H groups in total. The standard InChI is InChI=1S/C15H24N2O3/c1-4-5-6-15(2,3)10-17-11-20-9-12-7-16(14(18)19)8-13(12)17/h7-8H,4-6,9-11H2,1-3H3,(H,18,19). The van der Waals surface area contributed by atoms with Gasteiger partial charge in [-0.2, -0.15) is 0 Å². The molecule has 0 aliphatic carbocycles. The van der Waals surface area contributed by atoms with E-state index in [0.29, 0.717) is 13.3 Å². The maximum atomic E-state index is 11.1. The number of anilines is 1. The number of unbranched alkanes of at least 4 members (excludes halogenated alkanes) is 1. The van der Waals surface area contributed by atoms with Crippen molar-refractivity contribution in [3.8, 4) is 0 Å². The Kier molecular flexibility index (Phi) is 4.38. The topological polar surface area (TPSA) is 54.7 Å². The first kappa shape index (κ1) is 14.9. The molecule has 1 aromatic rings. The van der Waals surface area contributed by atoms with Gasteiger partial charge in [0.1, 0.15) is 6.73 Å². The Morgan fingerprint density at radius 3 is 2.85 bits per heavy atom. The minimum Gasteiger partial charge on any atom is -0.464 e. The summed E-state index contributed by atoms with van der Waals surface area (Å²) in [6.07, 6.45) is 5.95. The lowest BCUT2D eigenvalue weighted by atomic mass is 9.86. The summed E-state index contributed by atoms with van der Waals surface area (Å²) in [5.74, 6) is 0. The average Bonchev–Trinajstić information content (AvgIpc) is 2.81. The molecule has 0 fully saturated rings. The summed E-state index contributed by atoms with van der Waals surface area (Å²) in [6, 6.07) is 0. The summed E-state index contributed by atoms with van der Waals surface area (Å²) in [7, 11) is 0. The minimum absolute atomic E-state index is 0.194. The SMILES string of the molecule is CCCCC(C)(C)CN1COCc2cn(C(=O)O)cc21. The van der Waals surface area contributed by atoms with Gasteiger partial charge in [0, 0.05) is 24.5 Å². The van der Waals surface area contributed by atoms with Gasteiger partial charge in [-0.25, -0.2) is 4.79 Å². The molecular weight excluding hydrogens is 256 g/mol. The van der Waals surface area contributed by atoms with Gasteiger partial charge in [-0.1, -0.05) is 33.6 Å². The van der Waals surface area contributed by atoms with Crippen molar-refractivity contribution in [3.05, 3.63) is 18.0 Å². The highest BCUT2D eigenvalue weighted by molar-refractivity contribution is 5.71. The largest absolute Gasteiger partial charge is 0.464 e. The van der Waals surface area contributed by atoms with Gasteiger partial charge >= 0.3 is 6.09 Å². The van der Waals surface area contributed by atoms with E-state index >= 15 is 0 Å². The van der Waals surface area contributed by atoms with Gasteiger partial charge < -0.3 is 14.7 Å². The summed E-state index contributed by atoms with van der Waals surface area (Å²) in [5, 5.41) is 9.07. The molecule has 0 aromatic carbocycles. The van der Waals surface area contributed by atoms with Crippen LogP contribution in [0, 0.1) is 5.41 Å². The number of carboxylic acid groups (broad SMARTS) is 1. The first-order valence-corrected chi connectivity index (χ1v) is 7.20. The van der Waals surface area contributed by atoms with Gasteiger partial charge in [-0.15, -0.1) is 0 Å². The number of nitrogens with zero attached hydrogens (tertiary/aromatic N) is 2. The van der Waals surface area contributed by atoms with Crippen LogP contribution in [-0.4, -0.2) is 29.0 Å². The lowest BCUT2D eigenvalue weighted by molar-refractivity contribution is 0.103. The molecule has 5 heteroatoms. The zero-order chi connectivity index (χ0) is 14.8. The zero-order valence-electron chi connectivity index (χ0n) is 12.6. The smallest absolute Gasteiger partial charge is 0.415 e. The summed E-state index contributed by atoms with van der Waals surface area (Å²) in [6.45, 7) is 8.61. The summed E-state index contributed by atoms with van der Waals surface area (Å²) in [5.41, 5.74) is 2.13. The van der Waals surface area contributed by atoms with E-state index in [4.69, 9.17) is 9.84 Å². The number of hydrogen-bond donors (Lipinski definition) is 1. The molecule has 112 valence electrons.